The standard InChI is InChI=1S/C29H39N3O.C22H33NO2/c1-6-30-21-25(27(31(7-2)8-3)23-17-13-11-14-18-23)29(33)26(22-30)28(32(9-4)10-5)24-19-15-12-16-20-24;1-4-7-8-9-10-11-12-13-19-16-18-14-15-20(23(5-2)6-3)17-21(18)25-22(19)24/h11-20H,6-10,21-22H2,1-5H3;14-17H,4-13H2,1-3H3. The van der Waals surface area contributed by atoms with Crippen molar-refractivity contribution in [3.8, 4) is 0 Å². The summed E-state index contributed by atoms with van der Waals surface area (Å²) >= 11 is 0. The monoisotopic (exact) mass is 789 g/mol. The van der Waals surface area contributed by atoms with Gasteiger partial charge in [-0.1, -0.05) is 113 Å². The second-order valence-corrected chi connectivity index (χ2v) is 15.2. The molecule has 0 atom stereocenters. The van der Waals surface area contributed by atoms with Crippen LogP contribution in [0.3, 0.4) is 0 Å². The van der Waals surface area contributed by atoms with E-state index in [1.54, 1.807) is 0 Å². The molecule has 1 fully saturated rings. The molecule has 0 saturated carbocycles. The van der Waals surface area contributed by atoms with Gasteiger partial charge in [0, 0.05) is 86.2 Å². The van der Waals surface area contributed by atoms with E-state index in [-0.39, 0.29) is 11.4 Å². The topological polar surface area (TPSA) is 60.2 Å². The molecule has 7 nitrogen and oxygen atoms in total. The van der Waals surface area contributed by atoms with Crippen molar-refractivity contribution < 1.29 is 9.21 Å². The molecule has 0 spiro atoms. The number of aryl methyl sites for hydroxylation is 1. The maximum atomic E-state index is 14.3. The molecule has 1 aliphatic rings. The van der Waals surface area contributed by atoms with Gasteiger partial charge in [-0.2, -0.15) is 0 Å². The summed E-state index contributed by atoms with van der Waals surface area (Å²) in [6.07, 6.45) is 9.63. The summed E-state index contributed by atoms with van der Waals surface area (Å²) in [6, 6.07) is 29.0. The Morgan fingerprint density at radius 2 is 1.09 bits per heavy atom. The zero-order valence-electron chi connectivity index (χ0n) is 37.1. The van der Waals surface area contributed by atoms with Crippen molar-refractivity contribution in [2.75, 3.05) is 63.8 Å². The highest BCUT2D eigenvalue weighted by molar-refractivity contribution is 6.17. The molecule has 0 bridgehead atoms. The van der Waals surface area contributed by atoms with E-state index in [0.29, 0.717) is 18.7 Å². The fourth-order valence-electron chi connectivity index (χ4n) is 8.16. The van der Waals surface area contributed by atoms with Gasteiger partial charge in [-0.15, -0.1) is 0 Å². The maximum Gasteiger partial charge on any atom is 0.339 e. The summed E-state index contributed by atoms with van der Waals surface area (Å²) < 4.78 is 5.60. The SMILES string of the molecule is CCCCCCCCCc1cc2ccc(N(CC)CC)cc2oc1=O.CCN1CC(=C(c2ccccc2)N(CC)CC)C(=O)C(=C(c2ccccc2)N(CC)CC)C1. The third-order valence-electron chi connectivity index (χ3n) is 11.6. The Bertz CT molecular complexity index is 1880. The van der Waals surface area contributed by atoms with Crippen LogP contribution in [0, 0.1) is 0 Å². The molecular weight excluding hydrogens is 717 g/mol. The van der Waals surface area contributed by atoms with Crippen molar-refractivity contribution in [1.82, 2.24) is 14.7 Å². The number of carbonyl (C=O) groups excluding carboxylic acids is 1. The number of piperidine rings is 1. The van der Waals surface area contributed by atoms with Crippen molar-refractivity contribution in [3.63, 3.8) is 0 Å². The summed E-state index contributed by atoms with van der Waals surface area (Å²) in [4.78, 5) is 35.9. The summed E-state index contributed by atoms with van der Waals surface area (Å²) in [6.45, 7) is 25.0. The fraction of sp³-hybridized carbons (Fsp3) is 0.490. The lowest BCUT2D eigenvalue weighted by molar-refractivity contribution is -0.113. The number of carbonyl (C=O) groups is 1. The number of hydrogen-bond donors (Lipinski definition) is 0. The number of hydrogen-bond acceptors (Lipinski definition) is 7. The molecule has 0 radical (unpaired) electrons. The van der Waals surface area contributed by atoms with Gasteiger partial charge >= 0.3 is 5.63 Å². The smallest absolute Gasteiger partial charge is 0.339 e. The van der Waals surface area contributed by atoms with Crippen molar-refractivity contribution in [2.45, 2.75) is 107 Å². The highest BCUT2D eigenvalue weighted by Crippen LogP contribution is 2.33. The van der Waals surface area contributed by atoms with E-state index in [9.17, 15) is 9.59 Å². The predicted octanol–water partition coefficient (Wildman–Crippen LogP) is 11.3. The van der Waals surface area contributed by atoms with Crippen LogP contribution in [0.4, 0.5) is 5.69 Å². The van der Waals surface area contributed by atoms with Crippen LogP contribution in [0.15, 0.2) is 105 Å². The number of likely N-dealkylation sites (tertiary alicyclic amines) is 1. The minimum Gasteiger partial charge on any atom is -0.422 e. The van der Waals surface area contributed by atoms with Crippen LogP contribution in [-0.2, 0) is 11.2 Å². The number of nitrogens with zero attached hydrogens (tertiary/aromatic N) is 4. The number of fused-ring (bicyclic) bond motifs is 1. The molecule has 4 aromatic rings. The van der Waals surface area contributed by atoms with E-state index in [1.165, 1.54) is 38.5 Å². The minimum absolute atomic E-state index is 0.171. The third kappa shape index (κ3) is 12.2. The summed E-state index contributed by atoms with van der Waals surface area (Å²) in [7, 11) is 0. The number of anilines is 1. The van der Waals surface area contributed by atoms with Gasteiger partial charge in [-0.3, -0.25) is 9.69 Å². The molecule has 0 amide bonds. The Balaban J connectivity index is 0.000000267. The van der Waals surface area contributed by atoms with E-state index >= 15 is 0 Å². The molecule has 1 aromatic heterocycles. The Morgan fingerprint density at radius 3 is 1.55 bits per heavy atom. The lowest BCUT2D eigenvalue weighted by atomic mass is 9.89. The average molecular weight is 789 g/mol. The fourth-order valence-corrected chi connectivity index (χ4v) is 8.16. The maximum absolute atomic E-state index is 14.3. The molecular formula is C51H72N4O3. The molecule has 0 unspecified atom stereocenters. The Hall–Kier alpha value is -4.62. The number of ketones is 1. The van der Waals surface area contributed by atoms with Gasteiger partial charge in [0.2, 0.25) is 0 Å². The number of benzene rings is 3. The first-order chi connectivity index (χ1) is 28.3. The number of Topliss-reactive ketones (excluding diaryl/α,β-unsaturated/α-hetero) is 1. The van der Waals surface area contributed by atoms with Gasteiger partial charge in [0.1, 0.15) is 5.58 Å². The zero-order valence-corrected chi connectivity index (χ0v) is 37.1. The highest BCUT2D eigenvalue weighted by Gasteiger charge is 2.33. The van der Waals surface area contributed by atoms with Crippen LogP contribution in [0.5, 0.6) is 0 Å². The van der Waals surface area contributed by atoms with Gasteiger partial charge in [0.25, 0.3) is 0 Å². The van der Waals surface area contributed by atoms with Crippen LogP contribution in [0.1, 0.15) is 117 Å². The molecule has 0 N–H and O–H groups in total. The van der Waals surface area contributed by atoms with E-state index < -0.39 is 0 Å². The van der Waals surface area contributed by atoms with E-state index in [2.05, 4.69) is 136 Å². The number of rotatable bonds is 20. The Kier molecular flexibility index (Phi) is 19.3. The van der Waals surface area contributed by atoms with Crippen LogP contribution in [0.25, 0.3) is 22.4 Å². The van der Waals surface area contributed by atoms with Gasteiger partial charge in [0.05, 0.1) is 11.4 Å². The normalized spacial score (nSPS) is 14.9. The molecule has 0 aliphatic carbocycles. The second kappa shape index (κ2) is 24.3. The molecule has 5 rings (SSSR count). The van der Waals surface area contributed by atoms with Gasteiger partial charge < -0.3 is 19.1 Å². The molecule has 1 aliphatic heterocycles. The van der Waals surface area contributed by atoms with E-state index in [1.807, 2.05) is 24.3 Å². The van der Waals surface area contributed by atoms with Crippen molar-refractivity contribution in [1.29, 1.82) is 0 Å². The first kappa shape index (κ1) is 46.1. The zero-order chi connectivity index (χ0) is 41.9. The summed E-state index contributed by atoms with van der Waals surface area (Å²) in [5, 5.41) is 1.02. The molecule has 2 heterocycles. The largest absolute Gasteiger partial charge is 0.422 e. The Morgan fingerprint density at radius 1 is 0.586 bits per heavy atom. The molecule has 58 heavy (non-hydrogen) atoms. The van der Waals surface area contributed by atoms with Gasteiger partial charge in [-0.05, 0) is 90.3 Å². The lowest BCUT2D eigenvalue weighted by Crippen LogP contribution is -2.41. The minimum atomic E-state index is -0.171. The van der Waals surface area contributed by atoms with Crippen molar-refractivity contribution in [2.24, 2.45) is 0 Å². The summed E-state index contributed by atoms with van der Waals surface area (Å²) in [5.41, 5.74) is 8.66. The Labute approximate surface area is 350 Å². The van der Waals surface area contributed by atoms with E-state index in [4.69, 9.17) is 4.42 Å². The van der Waals surface area contributed by atoms with Crippen LogP contribution in [-0.4, -0.2) is 79.4 Å². The molecule has 7 heteroatoms. The molecule has 314 valence electrons. The molecule has 1 saturated heterocycles. The van der Waals surface area contributed by atoms with Crippen LogP contribution < -0.4 is 10.5 Å². The molecule has 3 aromatic carbocycles. The van der Waals surface area contributed by atoms with Gasteiger partial charge in [-0.25, -0.2) is 4.79 Å². The van der Waals surface area contributed by atoms with Crippen LogP contribution >= 0.6 is 0 Å². The highest BCUT2D eigenvalue weighted by atomic mass is 16.4. The number of unbranched alkanes of at least 4 members (excludes halogenated alkanes) is 6. The second-order valence-electron chi connectivity index (χ2n) is 15.2. The third-order valence-corrected chi connectivity index (χ3v) is 11.6. The number of likely N-dealkylation sites (N-methyl/N-ethyl adjacent to an activating group) is 1. The van der Waals surface area contributed by atoms with Crippen molar-refractivity contribution in [3.05, 3.63) is 123 Å². The van der Waals surface area contributed by atoms with Crippen LogP contribution in [0.2, 0.25) is 0 Å². The average Bonchev–Trinajstić information content (AvgIpc) is 3.26. The first-order valence-corrected chi connectivity index (χ1v) is 22.4. The summed E-state index contributed by atoms with van der Waals surface area (Å²) in [5.74, 6) is 0.191. The quantitative estimate of drug-likeness (QED) is 0.0502. The lowest BCUT2D eigenvalue weighted by Gasteiger charge is -2.36. The van der Waals surface area contributed by atoms with Crippen molar-refractivity contribution >= 4 is 33.8 Å². The van der Waals surface area contributed by atoms with Gasteiger partial charge in [0.15, 0.2) is 5.78 Å². The predicted molar refractivity (Wildman–Crippen MR) is 247 cm³/mol. The first-order valence-electron chi connectivity index (χ1n) is 22.4. The van der Waals surface area contributed by atoms with E-state index in [0.717, 1.165) is 109 Å².